The van der Waals surface area contributed by atoms with E-state index >= 15 is 0 Å². The third kappa shape index (κ3) is 9.72. The smallest absolute Gasteiger partial charge is 0.365 e. The van der Waals surface area contributed by atoms with Gasteiger partial charge in [0.15, 0.2) is 0 Å². The van der Waals surface area contributed by atoms with Gasteiger partial charge in [0.05, 0.1) is 24.9 Å². The molecule has 0 saturated carbocycles. The van der Waals surface area contributed by atoms with Crippen LogP contribution in [0, 0.1) is 0 Å². The summed E-state index contributed by atoms with van der Waals surface area (Å²) >= 11 is 1.41. The van der Waals surface area contributed by atoms with Crippen molar-refractivity contribution in [1.29, 1.82) is 0 Å². The predicted molar refractivity (Wildman–Crippen MR) is 172 cm³/mol. The number of aromatic amines is 1. The molecular weight excluding hydrogens is 759 g/mol. The Morgan fingerprint density at radius 2 is 1.25 bits per heavy atom. The predicted octanol–water partition coefficient (Wildman–Crippen LogP) is -1.85. The van der Waals surface area contributed by atoms with Crippen LogP contribution in [0.2, 0.25) is 0 Å². The zero-order chi connectivity index (χ0) is 37.8. The van der Waals surface area contributed by atoms with Crippen LogP contribution in [0.3, 0.4) is 0 Å². The lowest BCUT2D eigenvalue weighted by Gasteiger charge is -2.29. The lowest BCUT2D eigenvalue weighted by atomic mass is 10.0. The number of piperidine rings is 2. The maximum absolute atomic E-state index is 12.3. The molecule has 52 heavy (non-hydrogen) atoms. The zero-order valence-electron chi connectivity index (χ0n) is 26.7. The Balaban J connectivity index is 0.000000201. The van der Waals surface area contributed by atoms with Gasteiger partial charge in [-0.3, -0.25) is 50.0 Å². The summed E-state index contributed by atoms with van der Waals surface area (Å²) in [4.78, 5) is 78.5. The molecule has 4 atom stereocenters. The van der Waals surface area contributed by atoms with Crippen molar-refractivity contribution in [2.24, 2.45) is 0 Å². The number of carbonyl (C=O) groups is 6. The highest BCUT2D eigenvalue weighted by atomic mass is 32.3. The van der Waals surface area contributed by atoms with Crippen LogP contribution in [0.15, 0.2) is 35.8 Å². The monoisotopic (exact) mass is 791 g/mol. The number of amides is 8. The molecule has 6 rings (SSSR count). The van der Waals surface area contributed by atoms with Crippen molar-refractivity contribution in [2.75, 3.05) is 13.1 Å². The first-order valence-corrected chi connectivity index (χ1v) is 19.0. The first-order chi connectivity index (χ1) is 24.5. The van der Waals surface area contributed by atoms with E-state index in [1.54, 1.807) is 24.4 Å². The lowest BCUT2D eigenvalue weighted by Crippen LogP contribution is -2.54. The van der Waals surface area contributed by atoms with Gasteiger partial charge in [-0.2, -0.15) is 27.0 Å². The quantitative estimate of drug-likeness (QED) is 0.103. The Kier molecular flexibility index (Phi) is 11.7. The molecule has 26 heteroatoms. The number of hydroxylamine groups is 4. The minimum atomic E-state index is -4.85. The molecule has 4 bridgehead atoms. The summed E-state index contributed by atoms with van der Waals surface area (Å²) < 4.78 is 69.4. The van der Waals surface area contributed by atoms with Crippen molar-refractivity contribution in [3.63, 3.8) is 0 Å². The van der Waals surface area contributed by atoms with Crippen LogP contribution in [0.4, 0.5) is 9.59 Å². The highest BCUT2D eigenvalue weighted by Crippen LogP contribution is 2.32. The molecular formula is C26H33N9O14S3. The van der Waals surface area contributed by atoms with E-state index in [1.165, 1.54) is 11.3 Å². The minimum Gasteiger partial charge on any atom is -0.365 e. The van der Waals surface area contributed by atoms with E-state index in [-0.39, 0.29) is 38.8 Å². The van der Waals surface area contributed by atoms with E-state index < -0.39 is 80.7 Å². The van der Waals surface area contributed by atoms with Gasteiger partial charge in [-0.1, -0.05) is 6.07 Å². The lowest BCUT2D eigenvalue weighted by molar-refractivity contribution is -0.131. The molecule has 2 aromatic heterocycles. The Morgan fingerprint density at radius 3 is 1.67 bits per heavy atom. The fourth-order valence-corrected chi connectivity index (χ4v) is 7.43. The van der Waals surface area contributed by atoms with Gasteiger partial charge in [-0.15, -0.1) is 19.9 Å². The fourth-order valence-electron chi connectivity index (χ4n) is 5.95. The highest BCUT2D eigenvalue weighted by Gasteiger charge is 2.50. The standard InChI is InChI=1S/C13H17N5O7S.C13H16N4O7S2/c19-11(6-8-2-1-5-14-8)15-16-12(20)10-4-3-9-7-17(10)13(21)18(9)25-26(22,23)24;18-11(6-9-2-1-5-25-9)14-15-12(19)10-4-3-8-7-16(10)13(20)17(8)24-26(21,22)23/h1-2,5,9-10,14H,3-4,6-7H2,(H,15,19)(H,16,20)(H,22,23,24);1-2,5,8,10H,3-4,6-7H2,(H,14,18)(H,15,19)(H,21,22,23)/t9-,10+;8-,10+/m11/s1. The summed E-state index contributed by atoms with van der Waals surface area (Å²) in [6.07, 6.45) is 2.93. The number of nitrogens with one attached hydrogen (secondary N) is 5. The molecule has 2 aromatic rings. The molecule has 4 aliphatic heterocycles. The molecule has 6 heterocycles. The van der Waals surface area contributed by atoms with E-state index in [0.717, 1.165) is 14.7 Å². The van der Waals surface area contributed by atoms with Crippen LogP contribution in [-0.2, 0) is 61.4 Å². The summed E-state index contributed by atoms with van der Waals surface area (Å²) in [5.41, 5.74) is 9.76. The van der Waals surface area contributed by atoms with Crippen LogP contribution in [0.25, 0.3) is 0 Å². The van der Waals surface area contributed by atoms with Crippen molar-refractivity contribution >= 4 is 67.8 Å². The topological polar surface area (TPSA) is 306 Å². The second-order valence-corrected chi connectivity index (χ2v) is 14.8. The maximum Gasteiger partial charge on any atom is 0.418 e. The average molecular weight is 792 g/mol. The molecule has 23 nitrogen and oxygen atoms in total. The first kappa shape index (κ1) is 38.4. The van der Waals surface area contributed by atoms with Crippen LogP contribution in [-0.4, -0.2) is 124 Å². The van der Waals surface area contributed by atoms with Gasteiger partial charge >= 0.3 is 32.9 Å². The van der Waals surface area contributed by atoms with Gasteiger partial charge in [0.2, 0.25) is 11.8 Å². The third-order valence-electron chi connectivity index (χ3n) is 8.18. The molecule has 0 radical (unpaired) electrons. The van der Waals surface area contributed by atoms with E-state index in [2.05, 4.69) is 35.3 Å². The molecule has 0 spiro atoms. The fraction of sp³-hybridized carbons (Fsp3) is 0.462. The largest absolute Gasteiger partial charge is 0.418 e. The maximum atomic E-state index is 12.3. The molecule has 8 amide bonds. The van der Waals surface area contributed by atoms with Crippen LogP contribution < -0.4 is 21.7 Å². The number of aromatic nitrogens is 1. The van der Waals surface area contributed by atoms with Gasteiger partial charge in [0.25, 0.3) is 11.8 Å². The number of urea groups is 2. The normalized spacial score (nSPS) is 22.4. The first-order valence-electron chi connectivity index (χ1n) is 15.3. The molecule has 0 aromatic carbocycles. The molecule has 4 saturated heterocycles. The van der Waals surface area contributed by atoms with E-state index in [9.17, 15) is 45.6 Å². The number of H-pyrrole nitrogens is 1. The Morgan fingerprint density at radius 1 is 0.750 bits per heavy atom. The second kappa shape index (κ2) is 15.8. The number of fused-ring (bicyclic) bond motifs is 4. The van der Waals surface area contributed by atoms with Crippen molar-refractivity contribution in [3.05, 3.63) is 46.4 Å². The number of hydrogen-bond donors (Lipinski definition) is 7. The number of carbonyl (C=O) groups excluding carboxylic acids is 6. The third-order valence-corrected chi connectivity index (χ3v) is 9.75. The SMILES string of the molecule is O=C(Cc1ccc[nH]1)NNC(=O)[C@@H]1CC[C@@H]2CN1C(=O)N2OS(=O)(=O)O.O=C(Cc1cccs1)NNC(=O)[C@@H]1CC[C@@H]2CN1C(=O)N2OS(=O)(=O)O. The van der Waals surface area contributed by atoms with E-state index in [1.807, 2.05) is 11.4 Å². The number of nitrogens with zero attached hydrogens (tertiary/aromatic N) is 4. The molecule has 0 aliphatic carbocycles. The number of hydrogen-bond acceptors (Lipinski definition) is 13. The van der Waals surface area contributed by atoms with Crippen LogP contribution in [0.5, 0.6) is 0 Å². The van der Waals surface area contributed by atoms with Crippen molar-refractivity contribution in [2.45, 2.75) is 62.7 Å². The second-order valence-electron chi connectivity index (χ2n) is 11.7. The number of rotatable bonds is 10. The summed E-state index contributed by atoms with van der Waals surface area (Å²) in [7, 11) is -9.69. The zero-order valence-corrected chi connectivity index (χ0v) is 29.2. The molecule has 0 unspecified atom stereocenters. The van der Waals surface area contributed by atoms with E-state index in [4.69, 9.17) is 9.11 Å². The highest BCUT2D eigenvalue weighted by molar-refractivity contribution is 7.81. The average Bonchev–Trinajstić information content (AvgIpc) is 3.87. The van der Waals surface area contributed by atoms with E-state index in [0.29, 0.717) is 28.7 Å². The van der Waals surface area contributed by atoms with Gasteiger partial charge in [-0.05, 0) is 49.3 Å². The number of thiophene rings is 1. The van der Waals surface area contributed by atoms with Crippen molar-refractivity contribution < 1.29 is 63.3 Å². The van der Waals surface area contributed by atoms with Crippen LogP contribution >= 0.6 is 11.3 Å². The summed E-state index contributed by atoms with van der Waals surface area (Å²) in [6.45, 7) is 0.151. The minimum absolute atomic E-state index is 0.0403. The van der Waals surface area contributed by atoms with Gasteiger partial charge in [-0.25, -0.2) is 9.59 Å². The molecule has 7 N–H and O–H groups in total. The molecule has 4 fully saturated rings. The van der Waals surface area contributed by atoms with Crippen LogP contribution in [0.1, 0.15) is 36.3 Å². The molecule has 284 valence electrons. The van der Waals surface area contributed by atoms with Gasteiger partial charge < -0.3 is 14.8 Å². The molecule has 4 aliphatic rings. The summed E-state index contributed by atoms with van der Waals surface area (Å²) in [5, 5.41) is 2.93. The van der Waals surface area contributed by atoms with Crippen molar-refractivity contribution in [1.82, 2.24) is 46.6 Å². The summed E-state index contributed by atoms with van der Waals surface area (Å²) in [5.74, 6) is -2.05. The van der Waals surface area contributed by atoms with Gasteiger partial charge in [0.1, 0.15) is 12.1 Å². The van der Waals surface area contributed by atoms with Gasteiger partial charge in [0, 0.05) is 29.9 Å². The van der Waals surface area contributed by atoms with Crippen molar-refractivity contribution in [3.8, 4) is 0 Å². The Bertz CT molecular complexity index is 1760. The summed E-state index contributed by atoms with van der Waals surface area (Å²) in [6, 6.07) is 2.43. The number of hydrazine groups is 2. The Labute approximate surface area is 299 Å². The Hall–Kier alpha value is -4.86.